The van der Waals surface area contributed by atoms with E-state index in [2.05, 4.69) is 0 Å². The van der Waals surface area contributed by atoms with Crippen LogP contribution in [-0.4, -0.2) is 35.3 Å². The lowest BCUT2D eigenvalue weighted by Gasteiger charge is -2.29. The highest BCUT2D eigenvalue weighted by Crippen LogP contribution is 2.19. The van der Waals surface area contributed by atoms with Crippen LogP contribution in [0, 0.1) is 0 Å². The summed E-state index contributed by atoms with van der Waals surface area (Å²) in [5.74, 6) is 0. The maximum atomic E-state index is 9.20. The number of rotatable bonds is 2. The molecule has 11 heavy (non-hydrogen) atoms. The average Bonchev–Trinajstić information content (AvgIpc) is 1.85. The summed E-state index contributed by atoms with van der Waals surface area (Å²) in [5.41, 5.74) is 5.31. The van der Waals surface area contributed by atoms with E-state index in [1.165, 1.54) is 0 Å². The SMILES string of the molecule is NCCC1CC(O)CC(O)O1. The van der Waals surface area contributed by atoms with Crippen LogP contribution in [0.1, 0.15) is 19.3 Å². The topological polar surface area (TPSA) is 75.7 Å². The molecular formula is C7H15NO3. The summed E-state index contributed by atoms with van der Waals surface area (Å²) < 4.78 is 5.11. The minimum atomic E-state index is -0.810. The Kier molecular flexibility index (Phi) is 3.26. The number of hydrogen-bond acceptors (Lipinski definition) is 4. The smallest absolute Gasteiger partial charge is 0.157 e. The van der Waals surface area contributed by atoms with E-state index in [0.717, 1.165) is 0 Å². The third kappa shape index (κ3) is 2.75. The third-order valence-electron chi connectivity index (χ3n) is 1.85. The van der Waals surface area contributed by atoms with E-state index in [-0.39, 0.29) is 6.10 Å². The molecule has 1 saturated heterocycles. The molecule has 0 aromatic heterocycles. The van der Waals surface area contributed by atoms with Gasteiger partial charge in [0.1, 0.15) is 0 Å². The van der Waals surface area contributed by atoms with Gasteiger partial charge in [-0.1, -0.05) is 0 Å². The molecular weight excluding hydrogens is 146 g/mol. The zero-order chi connectivity index (χ0) is 8.27. The zero-order valence-electron chi connectivity index (χ0n) is 6.44. The zero-order valence-corrected chi connectivity index (χ0v) is 6.44. The van der Waals surface area contributed by atoms with Crippen molar-refractivity contribution < 1.29 is 14.9 Å². The van der Waals surface area contributed by atoms with E-state index in [0.29, 0.717) is 25.8 Å². The molecule has 0 saturated carbocycles. The molecule has 3 unspecified atom stereocenters. The minimum Gasteiger partial charge on any atom is -0.393 e. The van der Waals surface area contributed by atoms with Crippen LogP contribution < -0.4 is 5.73 Å². The first kappa shape index (κ1) is 8.93. The fourth-order valence-electron chi connectivity index (χ4n) is 1.34. The maximum absolute atomic E-state index is 9.20. The molecule has 0 aliphatic carbocycles. The Labute approximate surface area is 66.0 Å². The predicted octanol–water partition coefficient (Wildman–Crippen LogP) is -0.807. The summed E-state index contributed by atoms with van der Waals surface area (Å²) in [6.07, 6.45) is 0.299. The van der Waals surface area contributed by atoms with Gasteiger partial charge < -0.3 is 20.7 Å². The number of aliphatic hydroxyl groups excluding tert-OH is 2. The van der Waals surface area contributed by atoms with E-state index in [1.807, 2.05) is 0 Å². The van der Waals surface area contributed by atoms with E-state index in [1.54, 1.807) is 0 Å². The van der Waals surface area contributed by atoms with Gasteiger partial charge in [-0.05, 0) is 19.4 Å². The van der Waals surface area contributed by atoms with Crippen LogP contribution in [0.15, 0.2) is 0 Å². The van der Waals surface area contributed by atoms with Crippen LogP contribution in [0.25, 0.3) is 0 Å². The summed E-state index contributed by atoms with van der Waals surface area (Å²) in [7, 11) is 0. The van der Waals surface area contributed by atoms with Gasteiger partial charge in [-0.25, -0.2) is 0 Å². The highest BCUT2D eigenvalue weighted by Gasteiger charge is 2.25. The number of nitrogens with two attached hydrogens (primary N) is 1. The van der Waals surface area contributed by atoms with E-state index in [9.17, 15) is 5.11 Å². The van der Waals surface area contributed by atoms with Crippen LogP contribution >= 0.6 is 0 Å². The Hall–Kier alpha value is -0.160. The summed E-state index contributed by atoms with van der Waals surface area (Å²) in [5, 5.41) is 18.2. The van der Waals surface area contributed by atoms with Gasteiger partial charge in [-0.15, -0.1) is 0 Å². The number of hydrogen-bond donors (Lipinski definition) is 3. The van der Waals surface area contributed by atoms with Crippen molar-refractivity contribution in [2.24, 2.45) is 5.73 Å². The molecule has 0 aromatic rings. The molecule has 4 heteroatoms. The second-order valence-electron chi connectivity index (χ2n) is 2.92. The van der Waals surface area contributed by atoms with E-state index in [4.69, 9.17) is 15.6 Å². The Morgan fingerprint density at radius 3 is 2.64 bits per heavy atom. The fraction of sp³-hybridized carbons (Fsp3) is 1.00. The van der Waals surface area contributed by atoms with Gasteiger partial charge in [-0.2, -0.15) is 0 Å². The molecule has 0 radical (unpaired) electrons. The largest absolute Gasteiger partial charge is 0.393 e. The molecule has 1 heterocycles. The van der Waals surface area contributed by atoms with E-state index < -0.39 is 12.4 Å². The first-order chi connectivity index (χ1) is 5.22. The minimum absolute atomic E-state index is 0.0706. The summed E-state index contributed by atoms with van der Waals surface area (Å²) in [6, 6.07) is 0. The molecule has 4 nitrogen and oxygen atoms in total. The third-order valence-corrected chi connectivity index (χ3v) is 1.85. The maximum Gasteiger partial charge on any atom is 0.157 e. The normalized spacial score (nSPS) is 39.0. The van der Waals surface area contributed by atoms with Crippen LogP contribution in [0.2, 0.25) is 0 Å². The Bertz CT molecular complexity index is 110. The first-order valence-electron chi connectivity index (χ1n) is 3.94. The lowest BCUT2D eigenvalue weighted by Crippen LogP contribution is -2.36. The molecule has 0 bridgehead atoms. The number of ether oxygens (including phenoxy) is 1. The Morgan fingerprint density at radius 1 is 1.36 bits per heavy atom. The van der Waals surface area contributed by atoms with Gasteiger partial charge >= 0.3 is 0 Å². The fourth-order valence-corrected chi connectivity index (χ4v) is 1.34. The van der Waals surface area contributed by atoms with Crippen molar-refractivity contribution in [3.63, 3.8) is 0 Å². The molecule has 1 aliphatic rings. The standard InChI is InChI=1S/C7H15NO3/c8-2-1-6-3-5(9)4-7(10)11-6/h5-7,9-10H,1-4,8H2. The van der Waals surface area contributed by atoms with Gasteiger partial charge in [-0.3, -0.25) is 0 Å². The predicted molar refractivity (Wildman–Crippen MR) is 39.8 cm³/mol. The molecule has 4 N–H and O–H groups in total. The summed E-state index contributed by atoms with van der Waals surface area (Å²) >= 11 is 0. The van der Waals surface area contributed by atoms with Crippen molar-refractivity contribution in [1.29, 1.82) is 0 Å². The van der Waals surface area contributed by atoms with Crippen LogP contribution in [-0.2, 0) is 4.74 Å². The van der Waals surface area contributed by atoms with Crippen LogP contribution in [0.5, 0.6) is 0 Å². The highest BCUT2D eigenvalue weighted by atomic mass is 16.6. The molecule has 1 rings (SSSR count). The monoisotopic (exact) mass is 161 g/mol. The van der Waals surface area contributed by atoms with Crippen molar-refractivity contribution in [2.45, 2.75) is 37.8 Å². The molecule has 0 amide bonds. The number of aliphatic hydroxyl groups is 2. The van der Waals surface area contributed by atoms with Crippen molar-refractivity contribution in [3.05, 3.63) is 0 Å². The molecule has 66 valence electrons. The van der Waals surface area contributed by atoms with Gasteiger partial charge in [0, 0.05) is 6.42 Å². The summed E-state index contributed by atoms with van der Waals surface area (Å²) in [6.45, 7) is 0.532. The Balaban J connectivity index is 2.30. The van der Waals surface area contributed by atoms with Gasteiger partial charge in [0.2, 0.25) is 0 Å². The molecule has 1 fully saturated rings. The highest BCUT2D eigenvalue weighted by molar-refractivity contribution is 4.72. The van der Waals surface area contributed by atoms with Crippen molar-refractivity contribution in [3.8, 4) is 0 Å². The second kappa shape index (κ2) is 4.01. The molecule has 0 aromatic carbocycles. The molecule has 3 atom stereocenters. The van der Waals surface area contributed by atoms with Gasteiger partial charge in [0.15, 0.2) is 6.29 Å². The van der Waals surface area contributed by atoms with Crippen molar-refractivity contribution in [2.75, 3.05) is 6.54 Å². The summed E-state index contributed by atoms with van der Waals surface area (Å²) in [4.78, 5) is 0. The second-order valence-corrected chi connectivity index (χ2v) is 2.92. The lowest BCUT2D eigenvalue weighted by molar-refractivity contribution is -0.189. The molecule has 1 aliphatic heterocycles. The lowest BCUT2D eigenvalue weighted by atomic mass is 10.0. The van der Waals surface area contributed by atoms with Crippen molar-refractivity contribution in [1.82, 2.24) is 0 Å². The Morgan fingerprint density at radius 2 is 2.09 bits per heavy atom. The van der Waals surface area contributed by atoms with Gasteiger partial charge in [0.05, 0.1) is 12.2 Å². The van der Waals surface area contributed by atoms with E-state index >= 15 is 0 Å². The van der Waals surface area contributed by atoms with Crippen LogP contribution in [0.4, 0.5) is 0 Å². The van der Waals surface area contributed by atoms with Gasteiger partial charge in [0.25, 0.3) is 0 Å². The molecule has 0 spiro atoms. The van der Waals surface area contributed by atoms with Crippen molar-refractivity contribution >= 4 is 0 Å². The average molecular weight is 161 g/mol. The van der Waals surface area contributed by atoms with Crippen LogP contribution in [0.3, 0.4) is 0 Å². The quantitative estimate of drug-likeness (QED) is 0.495. The first-order valence-corrected chi connectivity index (χ1v) is 3.94.